The molecule has 0 aliphatic carbocycles. The lowest BCUT2D eigenvalue weighted by Crippen LogP contribution is -1.94. The number of benzene rings is 1. The third kappa shape index (κ3) is 1.52. The summed E-state index contributed by atoms with van der Waals surface area (Å²) in [6.45, 7) is 1.00. The fraction of sp³-hybridized carbons (Fsp3) is 0.182. The van der Waals surface area contributed by atoms with Crippen LogP contribution in [0.15, 0.2) is 24.3 Å². The second-order valence-corrected chi connectivity index (χ2v) is 4.86. The zero-order valence-corrected chi connectivity index (χ0v) is 10.2. The van der Waals surface area contributed by atoms with E-state index >= 15 is 0 Å². The molecule has 1 aliphatic rings. The molecule has 2 N–H and O–H groups in total. The Hall–Kier alpha value is -1.04. The van der Waals surface area contributed by atoms with Crippen LogP contribution < -0.4 is 5.32 Å². The molecule has 0 spiro atoms. The fourth-order valence-corrected chi connectivity index (χ4v) is 2.49. The Labute approximate surface area is 101 Å². The van der Waals surface area contributed by atoms with Gasteiger partial charge in [0, 0.05) is 21.2 Å². The normalized spacial score (nSPS) is 13.7. The number of anilines is 1. The van der Waals surface area contributed by atoms with Crippen molar-refractivity contribution in [3.63, 3.8) is 0 Å². The van der Waals surface area contributed by atoms with Crippen LogP contribution in [-0.4, -0.2) is 16.7 Å². The number of halogens is 1. The van der Waals surface area contributed by atoms with Gasteiger partial charge in [0.25, 0.3) is 0 Å². The zero-order valence-electron chi connectivity index (χ0n) is 8.05. The van der Waals surface area contributed by atoms with E-state index in [0.29, 0.717) is 0 Å². The molecule has 4 heteroatoms. The molecule has 0 fully saturated rings. The van der Waals surface area contributed by atoms with Crippen molar-refractivity contribution in [2.45, 2.75) is 6.42 Å². The second kappa shape index (κ2) is 3.52. The molecule has 1 aromatic carbocycles. The molecule has 1 aliphatic heterocycles. The minimum absolute atomic E-state index is 1.00. The Bertz CT molecular complexity index is 504. The van der Waals surface area contributed by atoms with Crippen LogP contribution in [0.25, 0.3) is 11.3 Å². The number of rotatable bonds is 1. The van der Waals surface area contributed by atoms with Gasteiger partial charge in [-0.25, -0.2) is 0 Å². The minimum atomic E-state index is 1.00. The highest BCUT2D eigenvalue weighted by molar-refractivity contribution is 14.1. The SMILES string of the molecule is Ic1cccc(-c2[nH]nc3c2CCN3)c1. The Balaban J connectivity index is 2.13. The minimum Gasteiger partial charge on any atom is -0.368 e. The number of nitrogens with one attached hydrogen (secondary N) is 2. The predicted octanol–water partition coefficient (Wildman–Crippen LogP) is 2.65. The lowest BCUT2D eigenvalue weighted by molar-refractivity contribution is 1.04. The van der Waals surface area contributed by atoms with Crippen molar-refractivity contribution in [1.29, 1.82) is 0 Å². The zero-order chi connectivity index (χ0) is 10.3. The molecular weight excluding hydrogens is 301 g/mol. The van der Waals surface area contributed by atoms with E-state index in [0.717, 1.165) is 24.5 Å². The highest BCUT2D eigenvalue weighted by Crippen LogP contribution is 2.30. The molecule has 0 bridgehead atoms. The Morgan fingerprint density at radius 3 is 3.13 bits per heavy atom. The smallest absolute Gasteiger partial charge is 0.151 e. The van der Waals surface area contributed by atoms with Crippen LogP contribution >= 0.6 is 22.6 Å². The first-order valence-corrected chi connectivity index (χ1v) is 5.99. The van der Waals surface area contributed by atoms with Crippen LogP contribution in [0, 0.1) is 3.57 Å². The molecule has 0 amide bonds. The van der Waals surface area contributed by atoms with Gasteiger partial charge in [-0.15, -0.1) is 0 Å². The van der Waals surface area contributed by atoms with Crippen molar-refractivity contribution in [2.24, 2.45) is 0 Å². The van der Waals surface area contributed by atoms with Gasteiger partial charge in [0.15, 0.2) is 5.82 Å². The lowest BCUT2D eigenvalue weighted by atomic mass is 10.1. The van der Waals surface area contributed by atoms with Gasteiger partial charge in [-0.05, 0) is 41.1 Å². The summed E-state index contributed by atoms with van der Waals surface area (Å²) >= 11 is 2.33. The van der Waals surface area contributed by atoms with Crippen LogP contribution in [0.5, 0.6) is 0 Å². The number of hydrogen-bond acceptors (Lipinski definition) is 2. The predicted molar refractivity (Wildman–Crippen MR) is 68.9 cm³/mol. The summed E-state index contributed by atoms with van der Waals surface area (Å²) in [6.07, 6.45) is 1.06. The summed E-state index contributed by atoms with van der Waals surface area (Å²) in [5.41, 5.74) is 3.70. The van der Waals surface area contributed by atoms with Crippen LogP contribution in [0.4, 0.5) is 5.82 Å². The van der Waals surface area contributed by atoms with E-state index in [9.17, 15) is 0 Å². The summed E-state index contributed by atoms with van der Waals surface area (Å²) < 4.78 is 1.25. The molecule has 3 nitrogen and oxygen atoms in total. The number of nitrogens with zero attached hydrogens (tertiary/aromatic N) is 1. The number of fused-ring (bicyclic) bond motifs is 1. The van der Waals surface area contributed by atoms with Crippen molar-refractivity contribution < 1.29 is 0 Å². The topological polar surface area (TPSA) is 40.7 Å². The molecule has 15 heavy (non-hydrogen) atoms. The summed E-state index contributed by atoms with van der Waals surface area (Å²) in [5.74, 6) is 1.02. The maximum Gasteiger partial charge on any atom is 0.151 e. The maximum atomic E-state index is 4.26. The number of hydrogen-bond donors (Lipinski definition) is 2. The third-order valence-corrected chi connectivity index (χ3v) is 3.32. The molecule has 0 saturated heterocycles. The molecule has 0 radical (unpaired) electrons. The number of H-pyrrole nitrogens is 1. The fourth-order valence-electron chi connectivity index (χ4n) is 1.94. The van der Waals surface area contributed by atoms with E-state index in [2.05, 4.69) is 62.4 Å². The van der Waals surface area contributed by atoms with Gasteiger partial charge in [-0.3, -0.25) is 5.10 Å². The molecule has 2 heterocycles. The Morgan fingerprint density at radius 2 is 2.27 bits per heavy atom. The van der Waals surface area contributed by atoms with E-state index in [1.165, 1.54) is 14.7 Å². The van der Waals surface area contributed by atoms with Crippen LogP contribution in [-0.2, 0) is 6.42 Å². The van der Waals surface area contributed by atoms with Gasteiger partial charge in [-0.1, -0.05) is 12.1 Å². The summed E-state index contributed by atoms with van der Waals surface area (Å²) in [4.78, 5) is 0. The van der Waals surface area contributed by atoms with Gasteiger partial charge in [-0.2, -0.15) is 5.10 Å². The molecule has 0 saturated carbocycles. The average Bonchev–Trinajstić information content (AvgIpc) is 2.77. The van der Waals surface area contributed by atoms with E-state index in [4.69, 9.17) is 0 Å². The van der Waals surface area contributed by atoms with E-state index in [1.54, 1.807) is 0 Å². The maximum absolute atomic E-state index is 4.26. The number of aromatic nitrogens is 2. The van der Waals surface area contributed by atoms with E-state index < -0.39 is 0 Å². The van der Waals surface area contributed by atoms with Gasteiger partial charge >= 0.3 is 0 Å². The van der Waals surface area contributed by atoms with Gasteiger partial charge < -0.3 is 5.32 Å². The van der Waals surface area contributed by atoms with Crippen LogP contribution in [0.1, 0.15) is 5.56 Å². The van der Waals surface area contributed by atoms with Crippen molar-refractivity contribution in [3.05, 3.63) is 33.4 Å². The molecule has 0 unspecified atom stereocenters. The van der Waals surface area contributed by atoms with Crippen LogP contribution in [0.3, 0.4) is 0 Å². The Kier molecular flexibility index (Phi) is 2.16. The lowest BCUT2D eigenvalue weighted by Gasteiger charge is -2.00. The third-order valence-electron chi connectivity index (χ3n) is 2.65. The van der Waals surface area contributed by atoms with E-state index in [-0.39, 0.29) is 0 Å². The average molecular weight is 311 g/mol. The largest absolute Gasteiger partial charge is 0.368 e. The first-order valence-electron chi connectivity index (χ1n) is 4.91. The molecule has 2 aromatic rings. The van der Waals surface area contributed by atoms with Crippen molar-refractivity contribution in [3.8, 4) is 11.3 Å². The molecule has 1 aromatic heterocycles. The molecular formula is C11H10IN3. The van der Waals surface area contributed by atoms with Gasteiger partial charge in [0.05, 0.1) is 5.69 Å². The summed E-state index contributed by atoms with van der Waals surface area (Å²) in [5, 5.41) is 10.6. The summed E-state index contributed by atoms with van der Waals surface area (Å²) in [6, 6.07) is 8.46. The highest BCUT2D eigenvalue weighted by atomic mass is 127. The van der Waals surface area contributed by atoms with Crippen molar-refractivity contribution >= 4 is 28.4 Å². The van der Waals surface area contributed by atoms with Crippen LogP contribution in [0.2, 0.25) is 0 Å². The van der Waals surface area contributed by atoms with Gasteiger partial charge in [0.1, 0.15) is 0 Å². The molecule has 76 valence electrons. The van der Waals surface area contributed by atoms with Crippen molar-refractivity contribution in [1.82, 2.24) is 10.2 Å². The highest BCUT2D eigenvalue weighted by Gasteiger charge is 2.18. The number of aromatic amines is 1. The standard InChI is InChI=1S/C11H10IN3/c12-8-3-1-2-7(6-8)10-9-4-5-13-11(9)15-14-10/h1-3,6H,4-5H2,(H2,13,14,15). The Morgan fingerprint density at radius 1 is 1.33 bits per heavy atom. The molecule has 3 rings (SSSR count). The molecule has 0 atom stereocenters. The second-order valence-electron chi connectivity index (χ2n) is 3.61. The quantitative estimate of drug-likeness (QED) is 0.795. The first-order chi connectivity index (χ1) is 7.34. The van der Waals surface area contributed by atoms with Crippen molar-refractivity contribution in [2.75, 3.05) is 11.9 Å². The van der Waals surface area contributed by atoms with E-state index in [1.807, 2.05) is 0 Å². The summed E-state index contributed by atoms with van der Waals surface area (Å²) in [7, 11) is 0. The first kappa shape index (κ1) is 9.21. The van der Waals surface area contributed by atoms with Gasteiger partial charge in [0.2, 0.25) is 0 Å². The monoisotopic (exact) mass is 311 g/mol.